The number of ether oxygens (including phenoxy) is 2. The van der Waals surface area contributed by atoms with E-state index in [0.717, 1.165) is 59.5 Å². The molecule has 0 saturated carbocycles. The summed E-state index contributed by atoms with van der Waals surface area (Å²) in [6.45, 7) is -0.316. The first-order valence-electron chi connectivity index (χ1n) is 11.1. The van der Waals surface area contributed by atoms with Gasteiger partial charge in [0.1, 0.15) is 28.9 Å². The first-order chi connectivity index (χ1) is 16.1. The van der Waals surface area contributed by atoms with Gasteiger partial charge in [0.15, 0.2) is 0 Å². The van der Waals surface area contributed by atoms with Crippen molar-refractivity contribution in [2.24, 2.45) is 0 Å². The van der Waals surface area contributed by atoms with Crippen molar-refractivity contribution in [2.45, 2.75) is 32.1 Å². The molecule has 2 heterocycles. The zero-order valence-corrected chi connectivity index (χ0v) is 18.1. The number of alkyl halides is 2. The van der Waals surface area contributed by atoms with Gasteiger partial charge in [0, 0.05) is 30.6 Å². The predicted molar refractivity (Wildman–Crippen MR) is 124 cm³/mol. The molecular formula is C27H25F2NO3. The number of hydrogen-bond acceptors (Lipinski definition) is 4. The van der Waals surface area contributed by atoms with Gasteiger partial charge in [-0.2, -0.15) is 8.78 Å². The summed E-state index contributed by atoms with van der Waals surface area (Å²) >= 11 is 0. The molecule has 0 radical (unpaired) electrons. The van der Waals surface area contributed by atoms with E-state index in [1.165, 1.54) is 0 Å². The third-order valence-electron chi connectivity index (χ3n) is 5.93. The minimum absolute atomic E-state index is 0.159. The number of likely N-dealkylation sites (tertiary alicyclic amines) is 1. The number of para-hydroxylation sites is 1. The van der Waals surface area contributed by atoms with Crippen molar-refractivity contribution in [3.8, 4) is 22.8 Å². The van der Waals surface area contributed by atoms with E-state index in [9.17, 15) is 8.78 Å². The number of fused-ring (bicyclic) bond motifs is 1. The molecular weight excluding hydrogens is 424 g/mol. The van der Waals surface area contributed by atoms with Crippen LogP contribution in [0.4, 0.5) is 8.78 Å². The number of piperidine rings is 1. The molecule has 0 spiro atoms. The van der Waals surface area contributed by atoms with Gasteiger partial charge in [-0.3, -0.25) is 4.90 Å². The highest BCUT2D eigenvalue weighted by Crippen LogP contribution is 2.29. The molecule has 0 unspecified atom stereocenters. The fourth-order valence-corrected chi connectivity index (χ4v) is 4.28. The van der Waals surface area contributed by atoms with E-state index in [-0.39, 0.29) is 11.9 Å². The Kier molecular flexibility index (Phi) is 6.26. The van der Waals surface area contributed by atoms with Crippen LogP contribution in [0, 0.1) is 0 Å². The van der Waals surface area contributed by atoms with Gasteiger partial charge < -0.3 is 13.9 Å². The Hall–Kier alpha value is -3.38. The summed E-state index contributed by atoms with van der Waals surface area (Å²) in [4.78, 5) is 2.31. The van der Waals surface area contributed by atoms with Crippen LogP contribution in [0.1, 0.15) is 18.4 Å². The number of furan rings is 1. The molecule has 1 fully saturated rings. The highest BCUT2D eigenvalue weighted by atomic mass is 19.3. The first kappa shape index (κ1) is 21.5. The van der Waals surface area contributed by atoms with Crippen LogP contribution >= 0.6 is 0 Å². The van der Waals surface area contributed by atoms with E-state index in [1.54, 1.807) is 18.2 Å². The maximum absolute atomic E-state index is 12.4. The van der Waals surface area contributed by atoms with Gasteiger partial charge in [-0.25, -0.2) is 0 Å². The monoisotopic (exact) mass is 449 g/mol. The molecule has 0 amide bonds. The highest BCUT2D eigenvalue weighted by Gasteiger charge is 2.21. The molecule has 0 N–H and O–H groups in total. The SMILES string of the molecule is FC(F)Oc1cccc(CN2CCC(Oc3ccc(-c4cc5ccccc5o4)cc3)CC2)c1. The number of benzene rings is 3. The number of halogens is 2. The van der Waals surface area contributed by atoms with Crippen molar-refractivity contribution in [2.75, 3.05) is 13.1 Å². The van der Waals surface area contributed by atoms with Gasteiger partial charge in [-0.05, 0) is 66.9 Å². The molecule has 4 nitrogen and oxygen atoms in total. The lowest BCUT2D eigenvalue weighted by atomic mass is 10.1. The van der Waals surface area contributed by atoms with Crippen molar-refractivity contribution in [1.29, 1.82) is 0 Å². The lowest BCUT2D eigenvalue weighted by molar-refractivity contribution is -0.0499. The third-order valence-corrected chi connectivity index (χ3v) is 5.93. The largest absolute Gasteiger partial charge is 0.490 e. The molecule has 1 aliphatic heterocycles. The van der Waals surface area contributed by atoms with Gasteiger partial charge in [-0.15, -0.1) is 0 Å². The molecule has 0 bridgehead atoms. The van der Waals surface area contributed by atoms with Crippen molar-refractivity contribution < 1.29 is 22.7 Å². The average Bonchev–Trinajstić information content (AvgIpc) is 3.25. The van der Waals surface area contributed by atoms with E-state index < -0.39 is 6.61 Å². The second-order valence-electron chi connectivity index (χ2n) is 8.29. The molecule has 6 heteroatoms. The van der Waals surface area contributed by atoms with Crippen LogP contribution < -0.4 is 9.47 Å². The van der Waals surface area contributed by atoms with E-state index in [1.807, 2.05) is 54.6 Å². The molecule has 1 aliphatic rings. The normalized spacial score (nSPS) is 15.2. The van der Waals surface area contributed by atoms with Crippen molar-refractivity contribution in [3.05, 3.63) is 84.4 Å². The van der Waals surface area contributed by atoms with Gasteiger partial charge in [-0.1, -0.05) is 30.3 Å². The minimum atomic E-state index is -2.80. The summed E-state index contributed by atoms with van der Waals surface area (Å²) in [5.41, 5.74) is 2.87. The molecule has 1 aromatic heterocycles. The third kappa shape index (κ3) is 5.34. The summed E-state index contributed by atoms with van der Waals surface area (Å²) in [6, 6.07) is 25.0. The zero-order valence-electron chi connectivity index (χ0n) is 18.1. The van der Waals surface area contributed by atoms with Crippen LogP contribution in [-0.4, -0.2) is 30.7 Å². The van der Waals surface area contributed by atoms with Gasteiger partial charge in [0.2, 0.25) is 0 Å². The Balaban J connectivity index is 1.14. The van der Waals surface area contributed by atoms with Crippen LogP contribution in [0.15, 0.2) is 83.3 Å². The lowest BCUT2D eigenvalue weighted by Gasteiger charge is -2.32. The van der Waals surface area contributed by atoms with Crippen LogP contribution in [0.5, 0.6) is 11.5 Å². The van der Waals surface area contributed by atoms with Crippen molar-refractivity contribution in [3.63, 3.8) is 0 Å². The maximum atomic E-state index is 12.4. The van der Waals surface area contributed by atoms with Crippen LogP contribution in [-0.2, 0) is 6.54 Å². The Bertz CT molecular complexity index is 1160. The molecule has 170 valence electrons. The number of hydrogen-bond donors (Lipinski definition) is 0. The summed E-state index contributed by atoms with van der Waals surface area (Å²) in [5.74, 6) is 1.90. The van der Waals surface area contributed by atoms with E-state index in [0.29, 0.717) is 6.54 Å². The second-order valence-corrected chi connectivity index (χ2v) is 8.29. The molecule has 3 aromatic carbocycles. The molecule has 4 aromatic rings. The van der Waals surface area contributed by atoms with Gasteiger partial charge >= 0.3 is 6.61 Å². The zero-order chi connectivity index (χ0) is 22.6. The Morgan fingerprint density at radius 2 is 1.67 bits per heavy atom. The van der Waals surface area contributed by atoms with E-state index in [2.05, 4.69) is 15.7 Å². The van der Waals surface area contributed by atoms with Crippen molar-refractivity contribution in [1.82, 2.24) is 4.90 Å². The van der Waals surface area contributed by atoms with E-state index >= 15 is 0 Å². The summed E-state index contributed by atoms with van der Waals surface area (Å²) < 4.78 is 41.5. The quantitative estimate of drug-likeness (QED) is 0.313. The van der Waals surface area contributed by atoms with Gasteiger partial charge in [0.25, 0.3) is 0 Å². The summed E-state index contributed by atoms with van der Waals surface area (Å²) in [5, 5.41) is 1.09. The molecule has 33 heavy (non-hydrogen) atoms. The average molecular weight is 449 g/mol. The molecule has 0 aliphatic carbocycles. The molecule has 1 saturated heterocycles. The fourth-order valence-electron chi connectivity index (χ4n) is 4.28. The van der Waals surface area contributed by atoms with Crippen LogP contribution in [0.25, 0.3) is 22.3 Å². The topological polar surface area (TPSA) is 34.8 Å². The van der Waals surface area contributed by atoms with Crippen LogP contribution in [0.3, 0.4) is 0 Å². The predicted octanol–water partition coefficient (Wildman–Crippen LogP) is 6.74. The Morgan fingerprint density at radius 1 is 0.879 bits per heavy atom. The van der Waals surface area contributed by atoms with Crippen molar-refractivity contribution >= 4 is 11.0 Å². The molecule has 0 atom stereocenters. The highest BCUT2D eigenvalue weighted by molar-refractivity contribution is 5.82. The Labute approximate surface area is 191 Å². The second kappa shape index (κ2) is 9.63. The standard InChI is InChI=1S/C27H25F2NO3/c28-27(29)32-24-6-3-4-19(16-24)18-30-14-12-23(13-15-30)31-22-10-8-20(9-11-22)26-17-21-5-1-2-7-25(21)33-26/h1-11,16-17,23,27H,12-15,18H2. The maximum Gasteiger partial charge on any atom is 0.387 e. The van der Waals surface area contributed by atoms with Gasteiger partial charge in [0.05, 0.1) is 0 Å². The lowest BCUT2D eigenvalue weighted by Crippen LogP contribution is -2.37. The molecule has 5 rings (SSSR count). The number of nitrogens with zero attached hydrogens (tertiary/aromatic N) is 1. The number of rotatable bonds is 7. The fraction of sp³-hybridized carbons (Fsp3) is 0.259. The van der Waals surface area contributed by atoms with E-state index in [4.69, 9.17) is 9.15 Å². The minimum Gasteiger partial charge on any atom is -0.490 e. The smallest absolute Gasteiger partial charge is 0.387 e. The first-order valence-corrected chi connectivity index (χ1v) is 11.1. The van der Waals surface area contributed by atoms with Crippen LogP contribution in [0.2, 0.25) is 0 Å². The Morgan fingerprint density at radius 3 is 2.42 bits per heavy atom. The summed E-state index contributed by atoms with van der Waals surface area (Å²) in [7, 11) is 0. The summed E-state index contributed by atoms with van der Waals surface area (Å²) in [6.07, 6.45) is 1.99.